The lowest BCUT2D eigenvalue weighted by molar-refractivity contribution is 0.145. The number of benzene rings is 2. The van der Waals surface area contributed by atoms with E-state index in [1.807, 2.05) is 37.3 Å². The average molecular weight is 376 g/mol. The lowest BCUT2D eigenvalue weighted by Gasteiger charge is -2.15. The summed E-state index contributed by atoms with van der Waals surface area (Å²) in [5.41, 5.74) is 3.32. The van der Waals surface area contributed by atoms with Crippen LogP contribution in [-0.2, 0) is 17.8 Å². The summed E-state index contributed by atoms with van der Waals surface area (Å²) >= 11 is 6.02. The quantitative estimate of drug-likeness (QED) is 0.421. The van der Waals surface area contributed by atoms with Crippen LogP contribution < -0.4 is 15.4 Å². The van der Waals surface area contributed by atoms with Gasteiger partial charge in [-0.2, -0.15) is 0 Å². The number of hydrogen-bond acceptors (Lipinski definition) is 3. The number of nitrogens with zero attached hydrogens (tertiary/aromatic N) is 1. The summed E-state index contributed by atoms with van der Waals surface area (Å²) in [5, 5.41) is 7.33. The third-order valence-electron chi connectivity index (χ3n) is 3.79. The normalized spacial score (nSPS) is 11.3. The molecule has 0 aromatic heterocycles. The number of guanidine groups is 1. The van der Waals surface area contributed by atoms with Crippen molar-refractivity contribution in [2.24, 2.45) is 4.99 Å². The topological polar surface area (TPSA) is 54.9 Å². The molecule has 0 atom stereocenters. The molecule has 0 heterocycles. The molecule has 2 aromatic carbocycles. The fourth-order valence-corrected chi connectivity index (χ4v) is 2.62. The second-order valence-electron chi connectivity index (χ2n) is 5.86. The smallest absolute Gasteiger partial charge is 0.191 e. The highest BCUT2D eigenvalue weighted by Gasteiger charge is 2.06. The molecule has 140 valence electrons. The van der Waals surface area contributed by atoms with Gasteiger partial charge in [-0.15, -0.1) is 0 Å². The molecule has 0 radical (unpaired) electrons. The minimum absolute atomic E-state index is 0.523. The molecule has 26 heavy (non-hydrogen) atoms. The van der Waals surface area contributed by atoms with Crippen molar-refractivity contribution in [3.8, 4) is 5.75 Å². The molecule has 0 saturated carbocycles. The summed E-state index contributed by atoms with van der Waals surface area (Å²) in [6.45, 7) is 4.38. The zero-order valence-electron chi connectivity index (χ0n) is 15.5. The monoisotopic (exact) mass is 375 g/mol. The van der Waals surface area contributed by atoms with Crippen molar-refractivity contribution in [2.45, 2.75) is 20.0 Å². The molecule has 2 aromatic rings. The van der Waals surface area contributed by atoms with E-state index < -0.39 is 0 Å². The third-order valence-corrected chi connectivity index (χ3v) is 4.02. The second kappa shape index (κ2) is 10.7. The Hall–Kier alpha value is -2.24. The number of halogens is 1. The molecule has 0 bridgehead atoms. The van der Waals surface area contributed by atoms with Crippen LogP contribution in [0.3, 0.4) is 0 Å². The van der Waals surface area contributed by atoms with E-state index in [4.69, 9.17) is 21.1 Å². The van der Waals surface area contributed by atoms with Crippen LogP contribution in [-0.4, -0.2) is 33.3 Å². The van der Waals surface area contributed by atoms with Gasteiger partial charge in [0.05, 0.1) is 6.61 Å². The molecule has 0 aliphatic heterocycles. The van der Waals surface area contributed by atoms with Gasteiger partial charge in [0.1, 0.15) is 12.4 Å². The first-order chi connectivity index (χ1) is 12.6. The number of nitrogens with one attached hydrogen (secondary N) is 2. The van der Waals surface area contributed by atoms with E-state index >= 15 is 0 Å². The largest absolute Gasteiger partial charge is 0.491 e. The second-order valence-corrected chi connectivity index (χ2v) is 6.30. The van der Waals surface area contributed by atoms with Gasteiger partial charge in [0.2, 0.25) is 0 Å². The molecule has 5 nitrogen and oxygen atoms in total. The zero-order chi connectivity index (χ0) is 18.8. The lowest BCUT2D eigenvalue weighted by atomic mass is 10.1. The lowest BCUT2D eigenvalue weighted by Crippen LogP contribution is -2.36. The van der Waals surface area contributed by atoms with Crippen LogP contribution >= 0.6 is 11.6 Å². The SMILES string of the molecule is CN=C(NCc1cccc(Cl)c1)NCc1ccc(C)cc1OCCOC. The fraction of sp³-hybridized carbons (Fsp3) is 0.350. The van der Waals surface area contributed by atoms with Gasteiger partial charge in [0, 0.05) is 37.8 Å². The van der Waals surface area contributed by atoms with Crippen molar-refractivity contribution >= 4 is 17.6 Å². The number of aliphatic imine (C=N–C) groups is 1. The average Bonchev–Trinajstić information content (AvgIpc) is 2.63. The maximum absolute atomic E-state index is 6.02. The van der Waals surface area contributed by atoms with Crippen LogP contribution in [0.2, 0.25) is 5.02 Å². The van der Waals surface area contributed by atoms with Crippen molar-refractivity contribution in [3.63, 3.8) is 0 Å². The number of ether oxygens (including phenoxy) is 2. The summed E-state index contributed by atoms with van der Waals surface area (Å²) in [5.74, 6) is 1.58. The van der Waals surface area contributed by atoms with Crippen LogP contribution in [0.25, 0.3) is 0 Å². The van der Waals surface area contributed by atoms with Gasteiger partial charge in [-0.05, 0) is 36.2 Å². The fourth-order valence-electron chi connectivity index (χ4n) is 2.41. The third kappa shape index (κ3) is 6.58. The molecule has 0 saturated heterocycles. The van der Waals surface area contributed by atoms with Crippen molar-refractivity contribution < 1.29 is 9.47 Å². The molecule has 0 fully saturated rings. The van der Waals surface area contributed by atoms with Gasteiger partial charge in [0.25, 0.3) is 0 Å². The Morgan fingerprint density at radius 3 is 2.62 bits per heavy atom. The number of aryl methyl sites for hydroxylation is 1. The molecule has 2 N–H and O–H groups in total. The van der Waals surface area contributed by atoms with E-state index in [1.165, 1.54) is 0 Å². The van der Waals surface area contributed by atoms with E-state index in [2.05, 4.69) is 27.8 Å². The molecule has 0 aliphatic carbocycles. The van der Waals surface area contributed by atoms with E-state index in [0.717, 1.165) is 27.5 Å². The predicted octanol–water partition coefficient (Wildman–Crippen LogP) is 3.54. The van der Waals surface area contributed by atoms with Gasteiger partial charge < -0.3 is 20.1 Å². The Bertz CT molecular complexity index is 735. The molecular formula is C20H26ClN3O2. The van der Waals surface area contributed by atoms with Crippen LogP contribution in [0, 0.1) is 6.92 Å². The van der Waals surface area contributed by atoms with Gasteiger partial charge >= 0.3 is 0 Å². The molecule has 0 unspecified atom stereocenters. The molecule has 6 heteroatoms. The number of rotatable bonds is 8. The summed E-state index contributed by atoms with van der Waals surface area (Å²) < 4.78 is 10.9. The van der Waals surface area contributed by atoms with E-state index in [0.29, 0.717) is 32.3 Å². The van der Waals surface area contributed by atoms with E-state index in [-0.39, 0.29) is 0 Å². The molecule has 2 rings (SSSR count). The maximum atomic E-state index is 6.02. The Balaban J connectivity index is 1.93. The number of methoxy groups -OCH3 is 1. The van der Waals surface area contributed by atoms with Crippen LogP contribution in [0.4, 0.5) is 0 Å². The van der Waals surface area contributed by atoms with Crippen molar-refractivity contribution in [1.29, 1.82) is 0 Å². The Labute approximate surface area is 160 Å². The van der Waals surface area contributed by atoms with Gasteiger partial charge in [-0.3, -0.25) is 4.99 Å². The minimum atomic E-state index is 0.523. The first kappa shape index (κ1) is 20.1. The highest BCUT2D eigenvalue weighted by molar-refractivity contribution is 6.30. The van der Waals surface area contributed by atoms with Crippen molar-refractivity contribution in [2.75, 3.05) is 27.4 Å². The van der Waals surface area contributed by atoms with Gasteiger partial charge in [-0.25, -0.2) is 0 Å². The summed E-state index contributed by atoms with van der Waals surface area (Å²) in [6, 6.07) is 13.9. The van der Waals surface area contributed by atoms with Crippen LogP contribution in [0.15, 0.2) is 47.5 Å². The summed E-state index contributed by atoms with van der Waals surface area (Å²) in [4.78, 5) is 4.26. The van der Waals surface area contributed by atoms with Gasteiger partial charge in [0.15, 0.2) is 5.96 Å². The first-order valence-electron chi connectivity index (χ1n) is 8.52. The molecular weight excluding hydrogens is 350 g/mol. The zero-order valence-corrected chi connectivity index (χ0v) is 16.3. The number of hydrogen-bond donors (Lipinski definition) is 2. The van der Waals surface area contributed by atoms with Crippen molar-refractivity contribution in [1.82, 2.24) is 10.6 Å². The Morgan fingerprint density at radius 1 is 1.08 bits per heavy atom. The predicted molar refractivity (Wildman–Crippen MR) is 107 cm³/mol. The molecule has 0 spiro atoms. The molecule has 0 aliphatic rings. The van der Waals surface area contributed by atoms with Crippen LogP contribution in [0.1, 0.15) is 16.7 Å². The minimum Gasteiger partial charge on any atom is -0.491 e. The molecule has 0 amide bonds. The summed E-state index contributed by atoms with van der Waals surface area (Å²) in [7, 11) is 3.41. The van der Waals surface area contributed by atoms with E-state index in [9.17, 15) is 0 Å². The standard InChI is InChI=1S/C20H26ClN3O2/c1-15-7-8-17(19(11-15)26-10-9-25-3)14-24-20(22-2)23-13-16-5-4-6-18(21)12-16/h4-8,11-12H,9-10,13-14H2,1-3H3,(H2,22,23,24). The summed E-state index contributed by atoms with van der Waals surface area (Å²) in [6.07, 6.45) is 0. The Morgan fingerprint density at radius 2 is 1.88 bits per heavy atom. The van der Waals surface area contributed by atoms with Crippen LogP contribution in [0.5, 0.6) is 5.75 Å². The maximum Gasteiger partial charge on any atom is 0.191 e. The first-order valence-corrected chi connectivity index (χ1v) is 8.90. The van der Waals surface area contributed by atoms with Crippen molar-refractivity contribution in [3.05, 3.63) is 64.2 Å². The van der Waals surface area contributed by atoms with Gasteiger partial charge in [-0.1, -0.05) is 35.9 Å². The Kier molecular flexibility index (Phi) is 8.25. The highest BCUT2D eigenvalue weighted by atomic mass is 35.5. The van der Waals surface area contributed by atoms with E-state index in [1.54, 1.807) is 14.2 Å². The highest BCUT2D eigenvalue weighted by Crippen LogP contribution is 2.20.